The number of hydrogen-bond donors (Lipinski definition) is 1. The standard InChI is InChI=1S/C11H15BrO2S/c1-9(8-13)15-7-6-14-11-5-3-2-4-10(11)12/h2-5,9,13H,6-8H2,1H3/t9-/m1/s1. The van der Waals surface area contributed by atoms with Crippen molar-refractivity contribution in [3.8, 4) is 5.75 Å². The highest BCUT2D eigenvalue weighted by atomic mass is 79.9. The maximum absolute atomic E-state index is 8.83. The molecule has 0 aliphatic carbocycles. The number of benzene rings is 1. The van der Waals surface area contributed by atoms with Crippen molar-refractivity contribution in [2.24, 2.45) is 0 Å². The molecule has 0 spiro atoms. The van der Waals surface area contributed by atoms with Crippen LogP contribution in [0, 0.1) is 0 Å². The summed E-state index contributed by atoms with van der Waals surface area (Å²) in [5, 5.41) is 9.11. The zero-order valence-corrected chi connectivity index (χ0v) is 11.1. The summed E-state index contributed by atoms with van der Waals surface area (Å²) in [6.07, 6.45) is 0. The first kappa shape index (κ1) is 12.9. The van der Waals surface area contributed by atoms with Gasteiger partial charge in [0, 0.05) is 11.0 Å². The third-order valence-corrected chi connectivity index (χ3v) is 3.61. The molecule has 0 heterocycles. The van der Waals surface area contributed by atoms with Gasteiger partial charge in [0.1, 0.15) is 5.75 Å². The summed E-state index contributed by atoms with van der Waals surface area (Å²) in [6.45, 7) is 2.89. The van der Waals surface area contributed by atoms with Crippen LogP contribution in [0.15, 0.2) is 28.7 Å². The molecule has 4 heteroatoms. The van der Waals surface area contributed by atoms with Gasteiger partial charge in [0.15, 0.2) is 0 Å². The average molecular weight is 291 g/mol. The van der Waals surface area contributed by atoms with Crippen LogP contribution in [-0.4, -0.2) is 29.3 Å². The van der Waals surface area contributed by atoms with Crippen LogP contribution in [0.1, 0.15) is 6.92 Å². The molecule has 0 fully saturated rings. The number of halogens is 1. The van der Waals surface area contributed by atoms with Gasteiger partial charge in [-0.1, -0.05) is 19.1 Å². The van der Waals surface area contributed by atoms with E-state index in [4.69, 9.17) is 9.84 Å². The van der Waals surface area contributed by atoms with Crippen LogP contribution < -0.4 is 4.74 Å². The largest absolute Gasteiger partial charge is 0.492 e. The second-order valence-corrected chi connectivity index (χ2v) is 5.54. The molecule has 0 aromatic heterocycles. The molecule has 0 aliphatic rings. The van der Waals surface area contributed by atoms with Crippen molar-refractivity contribution in [1.29, 1.82) is 0 Å². The summed E-state index contributed by atoms with van der Waals surface area (Å²) in [5.41, 5.74) is 0. The fourth-order valence-corrected chi connectivity index (χ4v) is 2.10. The van der Waals surface area contributed by atoms with E-state index < -0.39 is 0 Å². The van der Waals surface area contributed by atoms with Crippen LogP contribution in [0.2, 0.25) is 0 Å². The van der Waals surface area contributed by atoms with E-state index in [0.717, 1.165) is 16.0 Å². The Morgan fingerprint density at radius 3 is 2.87 bits per heavy atom. The number of para-hydroxylation sites is 1. The van der Waals surface area contributed by atoms with Gasteiger partial charge in [0.05, 0.1) is 17.7 Å². The molecular formula is C11H15BrO2S. The summed E-state index contributed by atoms with van der Waals surface area (Å²) in [6, 6.07) is 7.80. The Morgan fingerprint density at radius 2 is 2.20 bits per heavy atom. The zero-order chi connectivity index (χ0) is 11.1. The predicted molar refractivity (Wildman–Crippen MR) is 68.6 cm³/mol. The second kappa shape index (κ2) is 7.14. The molecule has 1 aromatic carbocycles. The molecule has 0 amide bonds. The Morgan fingerprint density at radius 1 is 1.47 bits per heavy atom. The van der Waals surface area contributed by atoms with Crippen LogP contribution in [0.3, 0.4) is 0 Å². The number of rotatable bonds is 6. The number of aliphatic hydroxyl groups is 1. The lowest BCUT2D eigenvalue weighted by Crippen LogP contribution is -2.07. The SMILES string of the molecule is C[C@H](CO)SCCOc1ccccc1Br. The molecule has 0 saturated carbocycles. The van der Waals surface area contributed by atoms with Gasteiger partial charge in [0.2, 0.25) is 0 Å². The first-order valence-corrected chi connectivity index (χ1v) is 6.68. The lowest BCUT2D eigenvalue weighted by atomic mass is 10.3. The van der Waals surface area contributed by atoms with Gasteiger partial charge >= 0.3 is 0 Å². The predicted octanol–water partition coefficient (Wildman–Crippen LogP) is 2.94. The summed E-state index contributed by atoms with van der Waals surface area (Å²) in [5.74, 6) is 1.76. The molecule has 1 rings (SSSR count). The van der Waals surface area contributed by atoms with Gasteiger partial charge in [-0.2, -0.15) is 11.8 Å². The van der Waals surface area contributed by atoms with Crippen molar-refractivity contribution in [3.63, 3.8) is 0 Å². The van der Waals surface area contributed by atoms with Crippen LogP contribution >= 0.6 is 27.7 Å². The van der Waals surface area contributed by atoms with E-state index >= 15 is 0 Å². The van der Waals surface area contributed by atoms with Crippen LogP contribution in [0.5, 0.6) is 5.75 Å². The van der Waals surface area contributed by atoms with Gasteiger partial charge in [-0.15, -0.1) is 0 Å². The molecular weight excluding hydrogens is 276 g/mol. The minimum atomic E-state index is 0.222. The molecule has 0 radical (unpaired) electrons. The molecule has 84 valence electrons. The molecule has 1 aromatic rings. The van der Waals surface area contributed by atoms with Crippen molar-refractivity contribution < 1.29 is 9.84 Å². The minimum absolute atomic E-state index is 0.222. The Hall–Kier alpha value is -0.190. The van der Waals surface area contributed by atoms with Gasteiger partial charge in [-0.3, -0.25) is 0 Å². The fraction of sp³-hybridized carbons (Fsp3) is 0.455. The fourth-order valence-electron chi connectivity index (χ4n) is 1.02. The van der Waals surface area contributed by atoms with Crippen molar-refractivity contribution in [1.82, 2.24) is 0 Å². The highest BCUT2D eigenvalue weighted by molar-refractivity contribution is 9.10. The van der Waals surface area contributed by atoms with Gasteiger partial charge < -0.3 is 9.84 Å². The van der Waals surface area contributed by atoms with Crippen LogP contribution in [0.4, 0.5) is 0 Å². The van der Waals surface area contributed by atoms with Crippen LogP contribution in [-0.2, 0) is 0 Å². The topological polar surface area (TPSA) is 29.5 Å². The lowest BCUT2D eigenvalue weighted by Gasteiger charge is -2.09. The van der Waals surface area contributed by atoms with Crippen molar-refractivity contribution in [3.05, 3.63) is 28.7 Å². The zero-order valence-electron chi connectivity index (χ0n) is 8.65. The van der Waals surface area contributed by atoms with E-state index in [9.17, 15) is 0 Å². The molecule has 15 heavy (non-hydrogen) atoms. The van der Waals surface area contributed by atoms with Gasteiger partial charge in [-0.05, 0) is 28.1 Å². The molecule has 0 bridgehead atoms. The Labute approximate surface area is 103 Å². The molecule has 1 atom stereocenters. The molecule has 1 N–H and O–H groups in total. The first-order chi connectivity index (χ1) is 7.24. The van der Waals surface area contributed by atoms with Crippen molar-refractivity contribution in [2.45, 2.75) is 12.2 Å². The van der Waals surface area contributed by atoms with Crippen LogP contribution in [0.25, 0.3) is 0 Å². The minimum Gasteiger partial charge on any atom is -0.492 e. The van der Waals surface area contributed by atoms with E-state index in [0.29, 0.717) is 6.61 Å². The quantitative estimate of drug-likeness (QED) is 0.817. The monoisotopic (exact) mass is 290 g/mol. The Bertz CT molecular complexity index is 294. The molecule has 0 saturated heterocycles. The maximum atomic E-state index is 8.83. The Kier molecular flexibility index (Phi) is 6.13. The highest BCUT2D eigenvalue weighted by Gasteiger charge is 2.01. The smallest absolute Gasteiger partial charge is 0.133 e. The molecule has 0 aliphatic heterocycles. The second-order valence-electron chi connectivity index (χ2n) is 3.14. The van der Waals surface area contributed by atoms with Gasteiger partial charge in [-0.25, -0.2) is 0 Å². The van der Waals surface area contributed by atoms with Gasteiger partial charge in [0.25, 0.3) is 0 Å². The Balaban J connectivity index is 2.23. The third-order valence-electron chi connectivity index (χ3n) is 1.84. The number of ether oxygens (including phenoxy) is 1. The summed E-state index contributed by atoms with van der Waals surface area (Å²) in [7, 11) is 0. The summed E-state index contributed by atoms with van der Waals surface area (Å²) < 4.78 is 6.56. The lowest BCUT2D eigenvalue weighted by molar-refractivity contribution is 0.299. The normalized spacial score (nSPS) is 12.5. The van der Waals surface area contributed by atoms with E-state index in [-0.39, 0.29) is 11.9 Å². The number of thioether (sulfide) groups is 1. The number of hydrogen-bond acceptors (Lipinski definition) is 3. The number of aliphatic hydroxyl groups excluding tert-OH is 1. The molecule has 2 nitrogen and oxygen atoms in total. The van der Waals surface area contributed by atoms with Crippen molar-refractivity contribution in [2.75, 3.05) is 19.0 Å². The van der Waals surface area contributed by atoms with E-state index in [1.165, 1.54) is 0 Å². The van der Waals surface area contributed by atoms with Crippen molar-refractivity contribution >= 4 is 27.7 Å². The summed E-state index contributed by atoms with van der Waals surface area (Å²) >= 11 is 5.13. The maximum Gasteiger partial charge on any atom is 0.133 e. The van der Waals surface area contributed by atoms with E-state index in [1.54, 1.807) is 11.8 Å². The summed E-state index contributed by atoms with van der Waals surface area (Å²) in [4.78, 5) is 0. The highest BCUT2D eigenvalue weighted by Crippen LogP contribution is 2.24. The van der Waals surface area contributed by atoms with E-state index in [1.807, 2.05) is 31.2 Å². The third kappa shape index (κ3) is 4.91. The first-order valence-electron chi connectivity index (χ1n) is 4.84. The average Bonchev–Trinajstić information content (AvgIpc) is 2.26. The molecule has 0 unspecified atom stereocenters. The van der Waals surface area contributed by atoms with E-state index in [2.05, 4.69) is 15.9 Å².